The van der Waals surface area contributed by atoms with Crippen LogP contribution in [0, 0.1) is 0 Å². The van der Waals surface area contributed by atoms with Crippen LogP contribution >= 0.6 is 0 Å². The van der Waals surface area contributed by atoms with Crippen LogP contribution in [0.3, 0.4) is 0 Å². The minimum atomic E-state index is -2.40. The highest BCUT2D eigenvalue weighted by Gasteiger charge is 2.33. The van der Waals surface area contributed by atoms with E-state index in [1.165, 1.54) is 0 Å². The lowest BCUT2D eigenvalue weighted by molar-refractivity contribution is 0.0998. The van der Waals surface area contributed by atoms with E-state index in [4.69, 9.17) is 30.1 Å². The number of hydrogen-bond donors (Lipinski definition) is 6. The quantitative estimate of drug-likeness (QED) is 0.244. The van der Waals surface area contributed by atoms with Gasteiger partial charge >= 0.3 is 35.4 Å². The van der Waals surface area contributed by atoms with E-state index in [1.54, 1.807) is 0 Å². The molecule has 0 unspecified atom stereocenters. The van der Waals surface area contributed by atoms with Crippen molar-refractivity contribution in [2.75, 3.05) is 0 Å². The number of hydrogen-bond acceptors (Lipinski definition) is 11. The third kappa shape index (κ3) is 8.51. The van der Waals surface area contributed by atoms with Crippen molar-refractivity contribution >= 4 is 35.4 Å². The Morgan fingerprint density at radius 1 is 0.750 bits per heavy atom. The molecule has 16 heavy (non-hydrogen) atoms. The lowest BCUT2D eigenvalue weighted by atomic mass is 10.1. The zero-order valence-electron chi connectivity index (χ0n) is 7.53. The lowest BCUT2D eigenvalue weighted by Gasteiger charge is -2.10. The van der Waals surface area contributed by atoms with Crippen molar-refractivity contribution in [2.24, 2.45) is 0 Å². The minimum absolute atomic E-state index is 1.73. The summed E-state index contributed by atoms with van der Waals surface area (Å²) in [6.07, 6.45) is -1.73. The smallest absolute Gasteiger partial charge is 0.454 e. The number of rotatable bonds is 6. The van der Waals surface area contributed by atoms with Crippen molar-refractivity contribution in [1.29, 1.82) is 0 Å². The van der Waals surface area contributed by atoms with E-state index >= 15 is 0 Å². The number of carbonyl (C=O) groups excluding carboxylic acids is 1. The molecule has 0 aliphatic heterocycles. The van der Waals surface area contributed by atoms with Gasteiger partial charge in [0.2, 0.25) is 0 Å². The van der Waals surface area contributed by atoms with E-state index in [2.05, 4.69) is 18.5 Å². The fourth-order valence-corrected chi connectivity index (χ4v) is 0.456. The summed E-state index contributed by atoms with van der Waals surface area (Å²) in [4.78, 5) is 10.6. The summed E-state index contributed by atoms with van der Waals surface area (Å²) in [5, 5.41) is 49.7. The lowest BCUT2D eigenvalue weighted by Crippen LogP contribution is -2.38. The van der Waals surface area contributed by atoms with E-state index in [0.717, 1.165) is 0 Å². The highest BCUT2D eigenvalue weighted by Crippen LogP contribution is 1.94. The molecule has 0 rings (SSSR count). The standard InChI is InChI=1S/CH6B4O11/c6-1(13-4(11)15-2(7)8)14-5(12)16-3(9)10/h7-12H. The molecule has 0 aliphatic carbocycles. The Bertz CT molecular complexity index is 186. The van der Waals surface area contributed by atoms with Gasteiger partial charge < -0.3 is 48.6 Å². The van der Waals surface area contributed by atoms with Crippen molar-refractivity contribution < 1.29 is 53.4 Å². The molecule has 0 radical (unpaired) electrons. The molecule has 0 saturated carbocycles. The van der Waals surface area contributed by atoms with Crippen molar-refractivity contribution in [3.63, 3.8) is 0 Å². The Balaban J connectivity index is 3.80. The Morgan fingerprint density at radius 3 is 1.31 bits per heavy atom. The second-order valence-electron chi connectivity index (χ2n) is 2.02. The highest BCUT2D eigenvalue weighted by atomic mass is 16.8. The first-order valence-corrected chi connectivity index (χ1v) is 3.58. The molecule has 11 nitrogen and oxygen atoms in total. The third-order valence-corrected chi connectivity index (χ3v) is 0.870. The maximum atomic E-state index is 10.6. The summed E-state index contributed by atoms with van der Waals surface area (Å²) in [6.45, 7) is 0. The molecule has 0 heterocycles. The molecule has 15 heteroatoms. The Labute approximate surface area is 89.8 Å². The van der Waals surface area contributed by atoms with Gasteiger partial charge in [0.05, 0.1) is 0 Å². The first-order chi connectivity index (χ1) is 7.31. The van der Waals surface area contributed by atoms with Crippen LogP contribution in [-0.2, 0) is 18.5 Å². The summed E-state index contributed by atoms with van der Waals surface area (Å²) in [5.41, 5.74) is 0. The molecule has 6 N–H and O–H groups in total. The molecular formula is CH6B4O11. The molecule has 0 fully saturated rings. The maximum absolute atomic E-state index is 10.6. The summed E-state index contributed by atoms with van der Waals surface area (Å²) in [7, 11) is -9.52. The van der Waals surface area contributed by atoms with Crippen LogP contribution in [0.25, 0.3) is 0 Å². The molecule has 0 spiro atoms. The topological polar surface area (TPSA) is 175 Å². The van der Waals surface area contributed by atoms with Gasteiger partial charge in [0, 0.05) is 0 Å². The van der Waals surface area contributed by atoms with Gasteiger partial charge in [-0.2, -0.15) is 0 Å². The van der Waals surface area contributed by atoms with E-state index < -0.39 is 35.4 Å². The van der Waals surface area contributed by atoms with E-state index in [-0.39, 0.29) is 0 Å². The van der Waals surface area contributed by atoms with Gasteiger partial charge in [-0.15, -0.1) is 0 Å². The van der Waals surface area contributed by atoms with Crippen molar-refractivity contribution in [2.45, 2.75) is 0 Å². The largest absolute Gasteiger partial charge is 0.702 e. The van der Waals surface area contributed by atoms with E-state index in [1.807, 2.05) is 0 Å². The van der Waals surface area contributed by atoms with Crippen LogP contribution in [0.5, 0.6) is 0 Å². The molecule has 0 atom stereocenters. The van der Waals surface area contributed by atoms with Crippen LogP contribution in [0.15, 0.2) is 0 Å². The van der Waals surface area contributed by atoms with Gasteiger partial charge in [-0.25, -0.2) is 4.79 Å². The molecule has 0 aromatic rings. The summed E-state index contributed by atoms with van der Waals surface area (Å²) < 4.78 is 14.9. The molecule has 0 saturated heterocycles. The summed E-state index contributed by atoms with van der Waals surface area (Å²) in [5.74, 6) is 0. The second-order valence-corrected chi connectivity index (χ2v) is 2.02. The molecule has 0 bridgehead atoms. The Hall–Kier alpha value is -0.790. The predicted molar refractivity (Wildman–Crippen MR) is 46.1 cm³/mol. The van der Waals surface area contributed by atoms with Crippen LogP contribution in [0.2, 0.25) is 0 Å². The molecule has 88 valence electrons. The fourth-order valence-electron chi connectivity index (χ4n) is 0.456. The summed E-state index contributed by atoms with van der Waals surface area (Å²) >= 11 is 0. The van der Waals surface area contributed by atoms with Gasteiger partial charge in [-0.05, 0) is 0 Å². The average Bonchev–Trinajstić information content (AvgIpc) is 1.97. The zero-order chi connectivity index (χ0) is 12.7. The first kappa shape index (κ1) is 15.2. The summed E-state index contributed by atoms with van der Waals surface area (Å²) in [6, 6.07) is 0. The van der Waals surface area contributed by atoms with E-state index in [9.17, 15) is 4.79 Å². The van der Waals surface area contributed by atoms with Crippen LogP contribution in [0.4, 0.5) is 4.79 Å². The third-order valence-electron chi connectivity index (χ3n) is 0.870. The molecule has 0 aliphatic rings. The maximum Gasteiger partial charge on any atom is 0.702 e. The number of carbonyl (C=O) groups is 1. The van der Waals surface area contributed by atoms with Gasteiger partial charge in [0.1, 0.15) is 0 Å². The van der Waals surface area contributed by atoms with Crippen molar-refractivity contribution in [3.05, 3.63) is 0 Å². The van der Waals surface area contributed by atoms with Crippen molar-refractivity contribution in [3.8, 4) is 0 Å². The van der Waals surface area contributed by atoms with Gasteiger partial charge in [0.25, 0.3) is 0 Å². The monoisotopic (exact) mass is 238 g/mol. The Kier molecular flexibility index (Phi) is 7.11. The zero-order valence-corrected chi connectivity index (χ0v) is 7.53. The van der Waals surface area contributed by atoms with E-state index in [0.29, 0.717) is 0 Å². The molecular weight excluding hydrogens is 231 g/mol. The second kappa shape index (κ2) is 7.48. The van der Waals surface area contributed by atoms with Crippen LogP contribution < -0.4 is 0 Å². The molecule has 0 aromatic heterocycles. The predicted octanol–water partition coefficient (Wildman–Crippen LogP) is -4.93. The van der Waals surface area contributed by atoms with Gasteiger partial charge in [-0.3, -0.25) is 0 Å². The van der Waals surface area contributed by atoms with Crippen molar-refractivity contribution in [1.82, 2.24) is 0 Å². The first-order valence-electron chi connectivity index (χ1n) is 3.58. The highest BCUT2D eigenvalue weighted by molar-refractivity contribution is 6.52. The van der Waals surface area contributed by atoms with Crippen LogP contribution in [-0.4, -0.2) is 65.6 Å². The normalized spacial score (nSPS) is 9.38. The van der Waals surface area contributed by atoms with Gasteiger partial charge in [-0.1, -0.05) is 0 Å². The SMILES string of the molecule is O=C(OB(O)OB(O)O)OB(O)OB(O)O. The van der Waals surface area contributed by atoms with Crippen LogP contribution in [0.1, 0.15) is 0 Å². The molecule has 0 aromatic carbocycles. The minimum Gasteiger partial charge on any atom is -0.454 e. The molecule has 0 amide bonds. The van der Waals surface area contributed by atoms with Gasteiger partial charge in [0.15, 0.2) is 0 Å². The fraction of sp³-hybridized carbons (Fsp3) is 0. The average molecular weight is 237 g/mol. The Morgan fingerprint density at radius 2 is 1.06 bits per heavy atom.